The molecule has 0 bridgehead atoms. The highest BCUT2D eigenvalue weighted by atomic mass is 32.2. The van der Waals surface area contributed by atoms with Gasteiger partial charge >= 0.3 is 5.97 Å². The van der Waals surface area contributed by atoms with E-state index in [0.717, 1.165) is 36.1 Å². The molecule has 2 heterocycles. The Morgan fingerprint density at radius 2 is 2.04 bits per heavy atom. The average Bonchev–Trinajstić information content (AvgIpc) is 3.07. The molecule has 142 valence electrons. The molecule has 1 aromatic heterocycles. The molecule has 27 heavy (non-hydrogen) atoms. The zero-order chi connectivity index (χ0) is 19.4. The van der Waals surface area contributed by atoms with E-state index in [-0.39, 0.29) is 4.90 Å². The van der Waals surface area contributed by atoms with Gasteiger partial charge in [-0.25, -0.2) is 23.2 Å². The third-order valence-corrected chi connectivity index (χ3v) is 6.69. The second-order valence-corrected chi connectivity index (χ2v) is 9.45. The summed E-state index contributed by atoms with van der Waals surface area (Å²) in [5.41, 5.74) is 2.38. The number of carboxylic acids is 1. The summed E-state index contributed by atoms with van der Waals surface area (Å²) >= 11 is 0. The van der Waals surface area contributed by atoms with Crippen LogP contribution in [0, 0.1) is 0 Å². The van der Waals surface area contributed by atoms with Gasteiger partial charge in [0.25, 0.3) is 0 Å². The van der Waals surface area contributed by atoms with Crippen molar-refractivity contribution in [1.82, 2.24) is 9.97 Å². The zero-order valence-corrected chi connectivity index (χ0v) is 16.1. The molecule has 1 atom stereocenters. The maximum absolute atomic E-state index is 11.9. The smallest absolute Gasteiger partial charge is 0.329 e. The first-order valence-electron chi connectivity index (χ1n) is 8.91. The van der Waals surface area contributed by atoms with Gasteiger partial charge in [-0.3, -0.25) is 0 Å². The minimum Gasteiger partial charge on any atom is -0.480 e. The van der Waals surface area contributed by atoms with Gasteiger partial charge in [-0.05, 0) is 44.7 Å². The zero-order valence-electron chi connectivity index (χ0n) is 15.3. The van der Waals surface area contributed by atoms with Crippen LogP contribution in [0.5, 0.6) is 0 Å². The van der Waals surface area contributed by atoms with Gasteiger partial charge in [-0.1, -0.05) is 12.1 Å². The van der Waals surface area contributed by atoms with Gasteiger partial charge in [0.05, 0.1) is 10.6 Å². The van der Waals surface area contributed by atoms with Crippen LogP contribution in [0.25, 0.3) is 11.3 Å². The Bertz CT molecular complexity index is 1050. The molecule has 1 saturated heterocycles. The number of hydrogen-bond donors (Lipinski definition) is 1. The van der Waals surface area contributed by atoms with Gasteiger partial charge in [0.15, 0.2) is 9.84 Å². The summed E-state index contributed by atoms with van der Waals surface area (Å²) in [5.74, 6) is -0.481. The molecule has 0 amide bonds. The molecule has 0 saturated carbocycles. The predicted octanol–water partition coefficient (Wildman–Crippen LogP) is 2.09. The summed E-state index contributed by atoms with van der Waals surface area (Å²) in [7, 11) is -3.33. The molecule has 1 unspecified atom stereocenters. The number of hydrogen-bond acceptors (Lipinski definition) is 6. The van der Waals surface area contributed by atoms with Crippen LogP contribution in [0.15, 0.2) is 29.2 Å². The Morgan fingerprint density at radius 3 is 2.67 bits per heavy atom. The summed E-state index contributed by atoms with van der Waals surface area (Å²) in [4.78, 5) is 23.0. The second-order valence-electron chi connectivity index (χ2n) is 7.43. The van der Waals surface area contributed by atoms with Gasteiger partial charge in [-0.2, -0.15) is 0 Å². The lowest BCUT2D eigenvalue weighted by Gasteiger charge is -2.47. The molecule has 4 rings (SSSR count). The standard InChI is InChI=1S/C19H21N3O4S/c1-19(17(23)24)9-10-22(19)18-20-15-8-4-7-14(15)16(21-18)12-5-3-6-13(11-12)27(2,25)26/h3,5-6,11H,4,7-10H2,1-2H3,(H,23,24). The predicted molar refractivity (Wildman–Crippen MR) is 101 cm³/mol. The van der Waals surface area contributed by atoms with Gasteiger partial charge in [0.2, 0.25) is 5.95 Å². The number of rotatable bonds is 4. The van der Waals surface area contributed by atoms with E-state index in [9.17, 15) is 18.3 Å². The highest BCUT2D eigenvalue weighted by Gasteiger charge is 2.49. The number of nitrogens with zero attached hydrogens (tertiary/aromatic N) is 3. The maximum atomic E-state index is 11.9. The summed E-state index contributed by atoms with van der Waals surface area (Å²) in [6, 6.07) is 6.75. The van der Waals surface area contributed by atoms with E-state index < -0.39 is 21.3 Å². The fraction of sp³-hybridized carbons (Fsp3) is 0.421. The van der Waals surface area contributed by atoms with Gasteiger partial charge in [0, 0.05) is 29.6 Å². The molecule has 7 nitrogen and oxygen atoms in total. The monoisotopic (exact) mass is 387 g/mol. The van der Waals surface area contributed by atoms with Crippen LogP contribution < -0.4 is 4.90 Å². The largest absolute Gasteiger partial charge is 0.480 e. The first-order valence-corrected chi connectivity index (χ1v) is 10.8. The normalized spacial score (nSPS) is 21.6. The molecule has 1 aliphatic heterocycles. The minimum atomic E-state index is -3.33. The van der Waals surface area contributed by atoms with E-state index in [1.165, 1.54) is 6.26 Å². The number of aromatic nitrogens is 2. The van der Waals surface area contributed by atoms with Gasteiger partial charge < -0.3 is 10.0 Å². The van der Waals surface area contributed by atoms with Crippen LogP contribution in [0.4, 0.5) is 5.95 Å². The molecule has 1 aliphatic carbocycles. The highest BCUT2D eigenvalue weighted by molar-refractivity contribution is 7.90. The maximum Gasteiger partial charge on any atom is 0.329 e. The molecule has 8 heteroatoms. The van der Waals surface area contributed by atoms with Gasteiger partial charge in [-0.15, -0.1) is 0 Å². The molecule has 0 radical (unpaired) electrons. The van der Waals surface area contributed by atoms with Crippen LogP contribution in [-0.4, -0.2) is 47.8 Å². The summed E-state index contributed by atoms with van der Waals surface area (Å²) in [5, 5.41) is 9.57. The number of carboxylic acid groups (broad SMARTS) is 1. The van der Waals surface area contributed by atoms with E-state index in [4.69, 9.17) is 4.98 Å². The number of sulfone groups is 1. The number of carbonyl (C=O) groups is 1. The van der Waals surface area contributed by atoms with Crippen LogP contribution in [0.3, 0.4) is 0 Å². The Hall–Kier alpha value is -2.48. The first kappa shape index (κ1) is 17.9. The van der Waals surface area contributed by atoms with Crippen molar-refractivity contribution in [3.8, 4) is 11.3 Å². The Kier molecular flexibility index (Phi) is 3.99. The fourth-order valence-electron chi connectivity index (χ4n) is 3.76. The first-order chi connectivity index (χ1) is 12.7. The lowest BCUT2D eigenvalue weighted by molar-refractivity contribution is -0.145. The number of aliphatic carboxylic acids is 1. The molecule has 0 spiro atoms. The average molecular weight is 387 g/mol. The van der Waals surface area contributed by atoms with Crippen LogP contribution in [-0.2, 0) is 27.5 Å². The number of aryl methyl sites for hydroxylation is 1. The summed E-state index contributed by atoms with van der Waals surface area (Å²) in [6.45, 7) is 2.27. The number of fused-ring (bicyclic) bond motifs is 1. The van der Waals surface area contributed by atoms with E-state index >= 15 is 0 Å². The highest BCUT2D eigenvalue weighted by Crippen LogP contribution is 2.38. The van der Waals surface area contributed by atoms with E-state index in [0.29, 0.717) is 24.6 Å². The van der Waals surface area contributed by atoms with Gasteiger partial charge in [0.1, 0.15) is 5.54 Å². The Labute approximate surface area is 158 Å². The van der Waals surface area contributed by atoms with E-state index in [1.807, 2.05) is 6.07 Å². The number of anilines is 1. The molecule has 2 aliphatic rings. The third-order valence-electron chi connectivity index (χ3n) is 5.58. The third kappa shape index (κ3) is 2.88. The fourth-order valence-corrected chi connectivity index (χ4v) is 4.42. The van der Waals surface area contributed by atoms with Crippen molar-refractivity contribution in [2.45, 2.75) is 43.0 Å². The van der Waals surface area contributed by atoms with Crippen molar-refractivity contribution in [1.29, 1.82) is 0 Å². The number of benzene rings is 1. The molecule has 2 aromatic rings. The van der Waals surface area contributed by atoms with E-state index in [1.54, 1.807) is 30.0 Å². The Balaban J connectivity index is 1.85. The molecule has 1 N–H and O–H groups in total. The van der Waals surface area contributed by atoms with Crippen LogP contribution in [0.2, 0.25) is 0 Å². The van der Waals surface area contributed by atoms with Crippen LogP contribution >= 0.6 is 0 Å². The topological polar surface area (TPSA) is 100 Å². The minimum absolute atomic E-state index is 0.242. The SMILES string of the molecule is CC1(C(=O)O)CCN1c1nc2c(c(-c3cccc(S(C)(=O)=O)c3)n1)CCC2. The van der Waals surface area contributed by atoms with Crippen molar-refractivity contribution in [3.05, 3.63) is 35.5 Å². The molecular weight excluding hydrogens is 366 g/mol. The lowest BCUT2D eigenvalue weighted by Crippen LogP contribution is -2.63. The quantitative estimate of drug-likeness (QED) is 0.857. The van der Waals surface area contributed by atoms with Crippen LogP contribution in [0.1, 0.15) is 31.0 Å². The van der Waals surface area contributed by atoms with Crippen molar-refractivity contribution in [2.75, 3.05) is 17.7 Å². The van der Waals surface area contributed by atoms with Crippen molar-refractivity contribution in [2.24, 2.45) is 0 Å². The van der Waals surface area contributed by atoms with Crippen molar-refractivity contribution >= 4 is 21.8 Å². The second kappa shape index (κ2) is 6.02. The molecule has 1 fully saturated rings. The molecule has 1 aromatic carbocycles. The molecular formula is C19H21N3O4S. The summed E-state index contributed by atoms with van der Waals surface area (Å²) < 4.78 is 23.9. The lowest BCUT2D eigenvalue weighted by atomic mass is 9.87. The summed E-state index contributed by atoms with van der Waals surface area (Å²) in [6.07, 6.45) is 4.34. The van der Waals surface area contributed by atoms with Crippen molar-refractivity contribution < 1.29 is 18.3 Å². The van der Waals surface area contributed by atoms with E-state index in [2.05, 4.69) is 4.98 Å². The van der Waals surface area contributed by atoms with Crippen molar-refractivity contribution in [3.63, 3.8) is 0 Å². The Morgan fingerprint density at radius 1 is 1.26 bits per heavy atom.